The lowest BCUT2D eigenvalue weighted by Gasteiger charge is -2.32. The summed E-state index contributed by atoms with van der Waals surface area (Å²) in [5.41, 5.74) is 2.60. The van der Waals surface area contributed by atoms with Gasteiger partial charge in [0.15, 0.2) is 0 Å². The van der Waals surface area contributed by atoms with Gasteiger partial charge in [-0.1, -0.05) is 42.5 Å². The Morgan fingerprint density at radius 3 is 2.67 bits per heavy atom. The number of nitrogens with zero attached hydrogens (tertiary/aromatic N) is 2. The van der Waals surface area contributed by atoms with Crippen LogP contribution in [0.5, 0.6) is 0 Å². The summed E-state index contributed by atoms with van der Waals surface area (Å²) in [6.45, 7) is 3.14. The van der Waals surface area contributed by atoms with Gasteiger partial charge in [-0.3, -0.25) is 4.90 Å². The highest BCUT2D eigenvalue weighted by atomic mass is 32.2. The van der Waals surface area contributed by atoms with Crippen LogP contribution >= 0.6 is 0 Å². The van der Waals surface area contributed by atoms with Crippen molar-refractivity contribution in [1.82, 2.24) is 9.62 Å². The zero-order chi connectivity index (χ0) is 19.1. The molecule has 2 aromatic rings. The molecule has 1 atom stereocenters. The Balaban J connectivity index is 1.51. The molecule has 1 N–H and O–H groups in total. The average molecular weight is 384 g/mol. The monoisotopic (exact) mass is 383 g/mol. The highest BCUT2D eigenvalue weighted by Crippen LogP contribution is 2.19. The molecular formula is C21H25N3O2S. The summed E-state index contributed by atoms with van der Waals surface area (Å²) in [5, 5.41) is 9.03. The van der Waals surface area contributed by atoms with Crippen molar-refractivity contribution in [3.05, 3.63) is 71.3 Å². The summed E-state index contributed by atoms with van der Waals surface area (Å²) >= 11 is 0. The fourth-order valence-corrected chi connectivity index (χ4v) is 4.77. The van der Waals surface area contributed by atoms with Crippen molar-refractivity contribution in [2.45, 2.75) is 25.1 Å². The number of hydrogen-bond donors (Lipinski definition) is 1. The van der Waals surface area contributed by atoms with E-state index in [9.17, 15) is 8.42 Å². The van der Waals surface area contributed by atoms with E-state index in [1.165, 1.54) is 0 Å². The topological polar surface area (TPSA) is 73.2 Å². The van der Waals surface area contributed by atoms with Crippen molar-refractivity contribution in [1.29, 1.82) is 5.26 Å². The van der Waals surface area contributed by atoms with E-state index < -0.39 is 10.0 Å². The molecule has 0 spiro atoms. The molecule has 6 heteroatoms. The lowest BCUT2D eigenvalue weighted by molar-refractivity contribution is 0.169. The first kappa shape index (κ1) is 19.6. The maximum Gasteiger partial charge on any atom is 0.215 e. The van der Waals surface area contributed by atoms with Crippen molar-refractivity contribution in [2.75, 3.05) is 19.6 Å². The van der Waals surface area contributed by atoms with Gasteiger partial charge in [0, 0.05) is 19.6 Å². The SMILES string of the molecule is N#Cc1cccc(CN2CCCC(CNS(=O)(=O)Cc3ccccc3)C2)c1. The Kier molecular flexibility index (Phi) is 6.62. The predicted molar refractivity (Wildman–Crippen MR) is 106 cm³/mol. The van der Waals surface area contributed by atoms with Gasteiger partial charge in [0.25, 0.3) is 0 Å². The van der Waals surface area contributed by atoms with Gasteiger partial charge in [0.1, 0.15) is 0 Å². The van der Waals surface area contributed by atoms with Crippen LogP contribution in [0.3, 0.4) is 0 Å². The summed E-state index contributed by atoms with van der Waals surface area (Å²) in [6, 6.07) is 19.1. The summed E-state index contributed by atoms with van der Waals surface area (Å²) in [5.74, 6) is 0.328. The molecule has 0 saturated carbocycles. The first-order valence-electron chi connectivity index (χ1n) is 9.27. The Morgan fingerprint density at radius 2 is 1.89 bits per heavy atom. The predicted octanol–water partition coefficient (Wildman–Crippen LogP) is 2.89. The van der Waals surface area contributed by atoms with E-state index >= 15 is 0 Å². The Hall–Kier alpha value is -2.20. The molecule has 142 valence electrons. The number of benzene rings is 2. The fourth-order valence-electron chi connectivity index (χ4n) is 3.55. The van der Waals surface area contributed by atoms with Crippen molar-refractivity contribution in [3.63, 3.8) is 0 Å². The van der Waals surface area contributed by atoms with Gasteiger partial charge in [-0.25, -0.2) is 13.1 Å². The van der Waals surface area contributed by atoms with Crippen LogP contribution in [0, 0.1) is 17.2 Å². The first-order valence-corrected chi connectivity index (χ1v) is 10.9. The number of nitriles is 1. The Bertz CT molecular complexity index is 891. The number of likely N-dealkylation sites (tertiary alicyclic amines) is 1. The highest BCUT2D eigenvalue weighted by molar-refractivity contribution is 7.88. The lowest BCUT2D eigenvalue weighted by Crippen LogP contribution is -2.40. The van der Waals surface area contributed by atoms with E-state index in [-0.39, 0.29) is 5.75 Å². The van der Waals surface area contributed by atoms with Crippen LogP contribution < -0.4 is 4.72 Å². The van der Waals surface area contributed by atoms with E-state index in [0.29, 0.717) is 18.0 Å². The molecule has 5 nitrogen and oxygen atoms in total. The molecule has 0 radical (unpaired) electrons. The molecule has 27 heavy (non-hydrogen) atoms. The van der Waals surface area contributed by atoms with Crippen LogP contribution in [0.25, 0.3) is 0 Å². The maximum atomic E-state index is 12.3. The van der Waals surface area contributed by atoms with Gasteiger partial charge < -0.3 is 0 Å². The summed E-state index contributed by atoms with van der Waals surface area (Å²) < 4.78 is 27.4. The van der Waals surface area contributed by atoms with E-state index in [1.54, 1.807) is 0 Å². The second-order valence-corrected chi connectivity index (χ2v) is 8.96. The molecule has 0 amide bonds. The van der Waals surface area contributed by atoms with Gasteiger partial charge in [-0.15, -0.1) is 0 Å². The van der Waals surface area contributed by atoms with Crippen LogP contribution in [0.4, 0.5) is 0 Å². The minimum atomic E-state index is -3.32. The Morgan fingerprint density at radius 1 is 1.11 bits per heavy atom. The molecule has 1 aliphatic heterocycles. The molecule has 1 aliphatic rings. The van der Waals surface area contributed by atoms with Gasteiger partial charge >= 0.3 is 0 Å². The number of hydrogen-bond acceptors (Lipinski definition) is 4. The average Bonchev–Trinajstić information content (AvgIpc) is 2.67. The number of nitrogens with one attached hydrogen (secondary N) is 1. The molecule has 3 rings (SSSR count). The summed E-state index contributed by atoms with van der Waals surface area (Å²) in [4.78, 5) is 2.34. The zero-order valence-electron chi connectivity index (χ0n) is 15.3. The van der Waals surface area contributed by atoms with E-state index in [4.69, 9.17) is 5.26 Å². The second-order valence-electron chi connectivity index (χ2n) is 7.15. The minimum absolute atomic E-state index is 0.0191. The van der Waals surface area contributed by atoms with Gasteiger partial charge in [0.05, 0.1) is 17.4 Å². The number of piperidine rings is 1. The van der Waals surface area contributed by atoms with Crippen LogP contribution in [0.2, 0.25) is 0 Å². The lowest BCUT2D eigenvalue weighted by atomic mass is 9.98. The van der Waals surface area contributed by atoms with Gasteiger partial charge in [-0.2, -0.15) is 5.26 Å². The van der Waals surface area contributed by atoms with Crippen LogP contribution in [-0.2, 0) is 22.3 Å². The number of sulfonamides is 1. The Labute approximate surface area is 161 Å². The normalized spacial score (nSPS) is 18.1. The van der Waals surface area contributed by atoms with Crippen LogP contribution in [0.1, 0.15) is 29.5 Å². The van der Waals surface area contributed by atoms with Crippen molar-refractivity contribution < 1.29 is 8.42 Å². The fraction of sp³-hybridized carbons (Fsp3) is 0.381. The van der Waals surface area contributed by atoms with E-state index in [2.05, 4.69) is 15.7 Å². The molecule has 0 aromatic heterocycles. The largest absolute Gasteiger partial charge is 0.299 e. The molecule has 1 heterocycles. The molecule has 2 aromatic carbocycles. The molecule has 0 aliphatic carbocycles. The van der Waals surface area contributed by atoms with Crippen molar-refractivity contribution in [2.24, 2.45) is 5.92 Å². The zero-order valence-corrected chi connectivity index (χ0v) is 16.2. The van der Waals surface area contributed by atoms with Crippen LogP contribution in [0.15, 0.2) is 54.6 Å². The third kappa shape index (κ3) is 6.17. The first-order chi connectivity index (χ1) is 13.0. The standard InChI is InChI=1S/C21H25N3O2S/c22-13-19-8-4-9-20(12-19)15-24-11-5-10-21(16-24)14-23-27(25,26)17-18-6-2-1-3-7-18/h1-4,6-9,12,21,23H,5,10-11,14-17H2. The molecular weight excluding hydrogens is 358 g/mol. The second kappa shape index (κ2) is 9.14. The highest BCUT2D eigenvalue weighted by Gasteiger charge is 2.22. The molecule has 1 fully saturated rings. The van der Waals surface area contributed by atoms with Crippen LogP contribution in [-0.4, -0.2) is 33.0 Å². The third-order valence-corrected chi connectivity index (χ3v) is 6.18. The summed E-state index contributed by atoms with van der Waals surface area (Å²) in [7, 11) is -3.32. The van der Waals surface area contributed by atoms with Crippen molar-refractivity contribution >= 4 is 10.0 Å². The quantitative estimate of drug-likeness (QED) is 0.798. The van der Waals surface area contributed by atoms with E-state index in [1.807, 2.05) is 54.6 Å². The van der Waals surface area contributed by atoms with Gasteiger partial charge in [0.2, 0.25) is 10.0 Å². The minimum Gasteiger partial charge on any atom is -0.299 e. The summed E-state index contributed by atoms with van der Waals surface area (Å²) in [6.07, 6.45) is 2.09. The third-order valence-electron chi connectivity index (χ3n) is 4.86. The van der Waals surface area contributed by atoms with Gasteiger partial charge in [-0.05, 0) is 48.6 Å². The van der Waals surface area contributed by atoms with Crippen molar-refractivity contribution in [3.8, 4) is 6.07 Å². The molecule has 1 saturated heterocycles. The maximum absolute atomic E-state index is 12.3. The smallest absolute Gasteiger partial charge is 0.215 e. The van der Waals surface area contributed by atoms with E-state index in [0.717, 1.165) is 43.6 Å². The molecule has 1 unspecified atom stereocenters. The molecule has 0 bridgehead atoms. The number of rotatable bonds is 7.